The van der Waals surface area contributed by atoms with Crippen molar-refractivity contribution in [2.24, 2.45) is 0 Å². The number of aryl methyl sites for hydroxylation is 2. The van der Waals surface area contributed by atoms with Gasteiger partial charge in [-0.2, -0.15) is 0 Å². The van der Waals surface area contributed by atoms with Crippen LogP contribution in [0.15, 0.2) is 53.1 Å². The van der Waals surface area contributed by atoms with Gasteiger partial charge in [0.05, 0.1) is 24.2 Å². The van der Waals surface area contributed by atoms with Crippen LogP contribution in [0.1, 0.15) is 28.7 Å². The minimum absolute atomic E-state index is 0.0376. The first-order valence-corrected chi connectivity index (χ1v) is 11.7. The first-order chi connectivity index (χ1) is 13.8. The van der Waals surface area contributed by atoms with E-state index in [9.17, 15) is 13.2 Å². The van der Waals surface area contributed by atoms with E-state index >= 15 is 0 Å². The largest absolute Gasteiger partial charge is 0.464 e. The third kappa shape index (κ3) is 4.22. The molecule has 1 aliphatic heterocycles. The molecule has 0 spiro atoms. The maximum atomic E-state index is 13.3. The lowest BCUT2D eigenvalue weighted by molar-refractivity contribution is -0.133. The molecule has 29 heavy (non-hydrogen) atoms. The molecule has 2 aromatic carbocycles. The summed E-state index contributed by atoms with van der Waals surface area (Å²) in [7, 11) is -3.09. The number of hydrogen-bond acceptors (Lipinski definition) is 4. The predicted octanol–water partition coefficient (Wildman–Crippen LogP) is 3.81. The van der Waals surface area contributed by atoms with Crippen LogP contribution in [0.25, 0.3) is 11.0 Å². The van der Waals surface area contributed by atoms with Crippen LogP contribution in [-0.2, 0) is 27.6 Å². The first-order valence-electron chi connectivity index (χ1n) is 9.83. The fraction of sp³-hybridized carbons (Fsp3) is 0.348. The fourth-order valence-corrected chi connectivity index (χ4v) is 5.97. The molecule has 0 radical (unpaired) electrons. The molecule has 1 aromatic heterocycles. The van der Waals surface area contributed by atoms with Crippen molar-refractivity contribution >= 4 is 26.7 Å². The van der Waals surface area contributed by atoms with Gasteiger partial charge in [-0.3, -0.25) is 4.79 Å². The third-order valence-electron chi connectivity index (χ3n) is 5.60. The average molecular weight is 412 g/mol. The SMILES string of the molecule is Cc1cc(C)c2c(CC(=O)N(Cc3ccccc3)[C@@H]3CCS(=O)(=O)C3)coc2c1. The van der Waals surface area contributed by atoms with Crippen molar-refractivity contribution in [2.75, 3.05) is 11.5 Å². The Morgan fingerprint density at radius 3 is 2.62 bits per heavy atom. The summed E-state index contributed by atoms with van der Waals surface area (Å²) in [6.45, 7) is 4.44. The van der Waals surface area contributed by atoms with Gasteiger partial charge >= 0.3 is 0 Å². The van der Waals surface area contributed by atoms with Crippen molar-refractivity contribution in [1.82, 2.24) is 4.90 Å². The molecule has 0 aliphatic carbocycles. The van der Waals surface area contributed by atoms with Gasteiger partial charge in [0.15, 0.2) is 9.84 Å². The summed E-state index contributed by atoms with van der Waals surface area (Å²) in [6.07, 6.45) is 2.34. The van der Waals surface area contributed by atoms with E-state index in [4.69, 9.17) is 4.42 Å². The van der Waals surface area contributed by atoms with Gasteiger partial charge < -0.3 is 9.32 Å². The van der Waals surface area contributed by atoms with Crippen LogP contribution >= 0.6 is 0 Å². The number of carbonyl (C=O) groups is 1. The number of carbonyl (C=O) groups excluding carboxylic acids is 1. The minimum Gasteiger partial charge on any atom is -0.464 e. The van der Waals surface area contributed by atoms with Gasteiger partial charge in [-0.15, -0.1) is 0 Å². The summed E-state index contributed by atoms with van der Waals surface area (Å²) in [5.41, 5.74) is 4.82. The normalized spacial score (nSPS) is 18.2. The van der Waals surface area contributed by atoms with Crippen LogP contribution in [0.4, 0.5) is 0 Å². The summed E-state index contributed by atoms with van der Waals surface area (Å²) in [4.78, 5) is 15.1. The van der Waals surface area contributed by atoms with Crippen LogP contribution < -0.4 is 0 Å². The summed E-state index contributed by atoms with van der Waals surface area (Å²) in [5.74, 6) is 0.109. The van der Waals surface area contributed by atoms with E-state index in [1.165, 1.54) is 0 Å². The molecule has 5 nitrogen and oxygen atoms in total. The lowest BCUT2D eigenvalue weighted by Crippen LogP contribution is -2.41. The number of amides is 1. The van der Waals surface area contributed by atoms with E-state index in [1.54, 1.807) is 11.2 Å². The second kappa shape index (κ2) is 7.67. The molecular weight excluding hydrogens is 386 g/mol. The molecule has 2 heterocycles. The second-order valence-electron chi connectivity index (χ2n) is 7.96. The van der Waals surface area contributed by atoms with Crippen molar-refractivity contribution in [2.45, 2.75) is 39.3 Å². The molecule has 1 aliphatic rings. The maximum Gasteiger partial charge on any atom is 0.227 e. The Labute approximate surface area is 171 Å². The zero-order valence-electron chi connectivity index (χ0n) is 16.7. The number of fused-ring (bicyclic) bond motifs is 1. The lowest BCUT2D eigenvalue weighted by Gasteiger charge is -2.28. The van der Waals surface area contributed by atoms with Gasteiger partial charge in [0.2, 0.25) is 5.91 Å². The van der Waals surface area contributed by atoms with E-state index in [0.717, 1.165) is 33.2 Å². The summed E-state index contributed by atoms with van der Waals surface area (Å²) >= 11 is 0. The van der Waals surface area contributed by atoms with Crippen LogP contribution in [0, 0.1) is 13.8 Å². The van der Waals surface area contributed by atoms with Crippen molar-refractivity contribution in [3.05, 3.63) is 71.0 Å². The monoisotopic (exact) mass is 411 g/mol. The van der Waals surface area contributed by atoms with Gasteiger partial charge in [0, 0.05) is 23.5 Å². The Hall–Kier alpha value is -2.60. The number of hydrogen-bond donors (Lipinski definition) is 0. The van der Waals surface area contributed by atoms with E-state index < -0.39 is 9.84 Å². The predicted molar refractivity (Wildman–Crippen MR) is 113 cm³/mol. The second-order valence-corrected chi connectivity index (χ2v) is 10.2. The van der Waals surface area contributed by atoms with E-state index in [-0.39, 0.29) is 29.9 Å². The van der Waals surface area contributed by atoms with Crippen LogP contribution in [-0.4, -0.2) is 36.8 Å². The highest BCUT2D eigenvalue weighted by atomic mass is 32.2. The van der Waals surface area contributed by atoms with Crippen molar-refractivity contribution < 1.29 is 17.6 Å². The van der Waals surface area contributed by atoms with Crippen molar-refractivity contribution in [3.8, 4) is 0 Å². The molecule has 0 unspecified atom stereocenters. The van der Waals surface area contributed by atoms with Gasteiger partial charge in [-0.05, 0) is 43.0 Å². The van der Waals surface area contributed by atoms with Gasteiger partial charge in [-0.25, -0.2) is 8.42 Å². The molecule has 152 valence electrons. The highest BCUT2D eigenvalue weighted by Crippen LogP contribution is 2.28. The summed E-state index contributed by atoms with van der Waals surface area (Å²) in [5, 5.41) is 0.975. The van der Waals surface area contributed by atoms with E-state index in [0.29, 0.717) is 13.0 Å². The molecular formula is C23H25NO4S. The molecule has 3 aromatic rings. The lowest BCUT2D eigenvalue weighted by atomic mass is 10.0. The highest BCUT2D eigenvalue weighted by molar-refractivity contribution is 7.91. The standard InChI is InChI=1S/C23H25NO4S/c1-16-10-17(2)23-19(14-28-21(23)11-16)12-22(25)24(13-18-6-4-3-5-7-18)20-8-9-29(26,27)15-20/h3-7,10-11,14,20H,8-9,12-13,15H2,1-2H3/t20-/m1/s1. The molecule has 0 saturated carbocycles. The fourth-order valence-electron chi connectivity index (χ4n) is 4.24. The summed E-state index contributed by atoms with van der Waals surface area (Å²) < 4.78 is 29.8. The number of sulfone groups is 1. The topological polar surface area (TPSA) is 67.6 Å². The Bertz CT molecular complexity index is 1150. The number of nitrogens with zero attached hydrogens (tertiary/aromatic N) is 1. The smallest absolute Gasteiger partial charge is 0.227 e. The average Bonchev–Trinajstić information content (AvgIpc) is 3.23. The summed E-state index contributed by atoms with van der Waals surface area (Å²) in [6, 6.07) is 13.5. The molecule has 1 fully saturated rings. The molecule has 1 amide bonds. The van der Waals surface area contributed by atoms with Gasteiger partial charge in [0.1, 0.15) is 5.58 Å². The molecule has 0 bridgehead atoms. The Morgan fingerprint density at radius 2 is 1.93 bits per heavy atom. The molecule has 4 rings (SSSR count). The van der Waals surface area contributed by atoms with Crippen LogP contribution in [0.3, 0.4) is 0 Å². The number of furan rings is 1. The van der Waals surface area contributed by atoms with Crippen molar-refractivity contribution in [3.63, 3.8) is 0 Å². The van der Waals surface area contributed by atoms with E-state index in [1.807, 2.05) is 50.2 Å². The number of benzene rings is 2. The zero-order chi connectivity index (χ0) is 20.6. The maximum absolute atomic E-state index is 13.3. The van der Waals surface area contributed by atoms with Gasteiger partial charge in [0.25, 0.3) is 0 Å². The molecule has 6 heteroatoms. The Balaban J connectivity index is 1.63. The van der Waals surface area contributed by atoms with Crippen LogP contribution in [0.2, 0.25) is 0 Å². The number of rotatable bonds is 5. The minimum atomic E-state index is -3.09. The quantitative estimate of drug-likeness (QED) is 0.640. The Morgan fingerprint density at radius 1 is 1.17 bits per heavy atom. The zero-order valence-corrected chi connectivity index (χ0v) is 17.5. The molecule has 0 N–H and O–H groups in total. The third-order valence-corrected chi connectivity index (χ3v) is 7.35. The van der Waals surface area contributed by atoms with E-state index in [2.05, 4.69) is 6.07 Å². The molecule has 1 saturated heterocycles. The Kier molecular flexibility index (Phi) is 5.21. The van der Waals surface area contributed by atoms with Crippen molar-refractivity contribution in [1.29, 1.82) is 0 Å². The molecule has 1 atom stereocenters. The van der Waals surface area contributed by atoms with Gasteiger partial charge in [-0.1, -0.05) is 36.4 Å². The highest BCUT2D eigenvalue weighted by Gasteiger charge is 2.35. The van der Waals surface area contributed by atoms with Crippen LogP contribution in [0.5, 0.6) is 0 Å². The first kappa shape index (κ1) is 19.7.